The lowest BCUT2D eigenvalue weighted by Crippen LogP contribution is -2.44. The van der Waals surface area contributed by atoms with E-state index in [9.17, 15) is 27.5 Å². The molecule has 0 saturated carbocycles. The van der Waals surface area contributed by atoms with Crippen molar-refractivity contribution in [1.29, 1.82) is 0 Å². The summed E-state index contributed by atoms with van der Waals surface area (Å²) in [5.74, 6) is -1.18. The zero-order chi connectivity index (χ0) is 24.6. The molecule has 3 aromatic rings. The Kier molecular flexibility index (Phi) is 6.65. The second kappa shape index (κ2) is 9.35. The predicted octanol–water partition coefficient (Wildman–Crippen LogP) is 3.43. The first-order valence-electron chi connectivity index (χ1n) is 10.6. The number of rotatable bonds is 6. The number of aromatic nitrogens is 1. The average Bonchev–Trinajstić information content (AvgIpc) is 3.13. The van der Waals surface area contributed by atoms with E-state index >= 15 is 0 Å². The minimum absolute atomic E-state index is 0.00888. The first-order valence-corrected chi connectivity index (χ1v) is 11.4. The van der Waals surface area contributed by atoms with Crippen LogP contribution in [-0.4, -0.2) is 41.7 Å². The molecule has 1 saturated heterocycles. The van der Waals surface area contributed by atoms with Crippen molar-refractivity contribution < 1.29 is 27.5 Å². The van der Waals surface area contributed by atoms with Crippen LogP contribution in [0, 0.1) is 5.82 Å². The number of piperidine rings is 1. The molecule has 0 radical (unpaired) electrons. The SMILES string of the molecule is NC(=O)c1sc2nc(N3CCC(NCC(O)c4cccc(F)c4)CC3)cc(C(F)(F)F)c2c1N. The normalized spacial score (nSPS) is 16.2. The molecule has 1 aliphatic heterocycles. The molecule has 1 aliphatic rings. The van der Waals surface area contributed by atoms with E-state index in [1.54, 1.807) is 11.0 Å². The van der Waals surface area contributed by atoms with Gasteiger partial charge >= 0.3 is 6.18 Å². The van der Waals surface area contributed by atoms with E-state index in [2.05, 4.69) is 10.3 Å². The van der Waals surface area contributed by atoms with Gasteiger partial charge in [0, 0.05) is 31.1 Å². The van der Waals surface area contributed by atoms with Crippen molar-refractivity contribution in [2.45, 2.75) is 31.2 Å². The van der Waals surface area contributed by atoms with Gasteiger partial charge in [-0.15, -0.1) is 11.3 Å². The molecular weight excluding hydrogens is 474 g/mol. The Labute approximate surface area is 196 Å². The second-order valence-electron chi connectivity index (χ2n) is 8.16. The standard InChI is InChI=1S/C22H23F4N5O2S/c23-12-3-1-2-11(8-12)15(32)10-29-13-4-6-31(7-5-13)16-9-14(22(24,25)26)17-18(27)19(20(28)33)34-21(17)30-16/h1-3,8-9,13,15,29,32H,4-7,10,27H2,(H2,28,33). The number of fused-ring (bicyclic) bond motifs is 1. The minimum atomic E-state index is -4.69. The number of benzene rings is 1. The van der Waals surface area contributed by atoms with Crippen molar-refractivity contribution >= 4 is 39.0 Å². The Morgan fingerprint density at radius 3 is 2.62 bits per heavy atom. The highest BCUT2D eigenvalue weighted by atomic mass is 32.1. The van der Waals surface area contributed by atoms with Crippen LogP contribution in [0.2, 0.25) is 0 Å². The molecule has 0 aliphatic carbocycles. The lowest BCUT2D eigenvalue weighted by atomic mass is 10.0. The third-order valence-corrected chi connectivity index (χ3v) is 6.98. The van der Waals surface area contributed by atoms with E-state index in [-0.39, 0.29) is 39.2 Å². The number of alkyl halides is 3. The molecule has 6 N–H and O–H groups in total. The number of aliphatic hydroxyl groups is 1. The summed E-state index contributed by atoms with van der Waals surface area (Å²) in [7, 11) is 0. The van der Waals surface area contributed by atoms with Gasteiger partial charge < -0.3 is 26.8 Å². The van der Waals surface area contributed by atoms with Crippen LogP contribution in [0.15, 0.2) is 30.3 Å². The summed E-state index contributed by atoms with van der Waals surface area (Å²) in [6.07, 6.45) is -4.35. The highest BCUT2D eigenvalue weighted by molar-refractivity contribution is 7.21. The number of nitrogens with one attached hydrogen (secondary N) is 1. The predicted molar refractivity (Wildman–Crippen MR) is 122 cm³/mol. The molecule has 2 aromatic heterocycles. The molecule has 7 nitrogen and oxygen atoms in total. The van der Waals surface area contributed by atoms with E-state index in [0.717, 1.165) is 17.4 Å². The van der Waals surface area contributed by atoms with Crippen LogP contribution >= 0.6 is 11.3 Å². The molecule has 1 amide bonds. The highest BCUT2D eigenvalue weighted by Gasteiger charge is 2.37. The van der Waals surface area contributed by atoms with E-state index in [1.807, 2.05) is 0 Å². The number of nitrogens with two attached hydrogens (primary N) is 2. The number of carbonyl (C=O) groups excluding carboxylic acids is 1. The van der Waals surface area contributed by atoms with Gasteiger partial charge in [-0.25, -0.2) is 9.37 Å². The number of pyridine rings is 1. The summed E-state index contributed by atoms with van der Waals surface area (Å²) < 4.78 is 54.7. The number of primary amides is 1. The summed E-state index contributed by atoms with van der Waals surface area (Å²) in [4.78, 5) is 17.5. The molecule has 12 heteroatoms. The van der Waals surface area contributed by atoms with Gasteiger partial charge in [0.1, 0.15) is 21.3 Å². The third-order valence-electron chi connectivity index (χ3n) is 5.87. The zero-order valence-corrected chi connectivity index (χ0v) is 18.7. The van der Waals surface area contributed by atoms with E-state index in [1.165, 1.54) is 18.2 Å². The number of nitrogen functional groups attached to an aromatic ring is 1. The third kappa shape index (κ3) is 4.93. The van der Waals surface area contributed by atoms with Crippen LogP contribution in [0.25, 0.3) is 10.2 Å². The van der Waals surface area contributed by atoms with Gasteiger partial charge in [0.15, 0.2) is 0 Å². The fourth-order valence-electron chi connectivity index (χ4n) is 4.10. The van der Waals surface area contributed by atoms with Gasteiger partial charge in [-0.1, -0.05) is 12.1 Å². The number of anilines is 2. The van der Waals surface area contributed by atoms with Gasteiger partial charge in [0.25, 0.3) is 5.91 Å². The Bertz CT molecular complexity index is 1210. The topological polar surface area (TPSA) is 118 Å². The van der Waals surface area contributed by atoms with Gasteiger partial charge in [0.05, 0.1) is 17.4 Å². The smallest absolute Gasteiger partial charge is 0.397 e. The number of carbonyl (C=O) groups is 1. The number of hydrogen-bond donors (Lipinski definition) is 4. The molecule has 182 valence electrons. The number of halogens is 4. The average molecular weight is 498 g/mol. The summed E-state index contributed by atoms with van der Waals surface area (Å²) in [5, 5.41) is 13.2. The van der Waals surface area contributed by atoms with Gasteiger partial charge in [0.2, 0.25) is 0 Å². The van der Waals surface area contributed by atoms with Crippen LogP contribution in [0.4, 0.5) is 29.1 Å². The van der Waals surface area contributed by atoms with Crippen molar-refractivity contribution in [3.05, 3.63) is 52.2 Å². The fraction of sp³-hybridized carbons (Fsp3) is 0.364. The van der Waals surface area contributed by atoms with Crippen LogP contribution in [0.3, 0.4) is 0 Å². The molecular formula is C22H23F4N5O2S. The maximum atomic E-state index is 13.8. The largest absolute Gasteiger partial charge is 0.417 e. The number of nitrogens with zero attached hydrogens (tertiary/aromatic N) is 2. The van der Waals surface area contributed by atoms with Crippen LogP contribution in [0.5, 0.6) is 0 Å². The van der Waals surface area contributed by atoms with E-state index < -0.39 is 29.6 Å². The van der Waals surface area contributed by atoms with Crippen molar-refractivity contribution in [3.8, 4) is 0 Å². The molecule has 0 spiro atoms. The molecule has 34 heavy (non-hydrogen) atoms. The summed E-state index contributed by atoms with van der Waals surface area (Å²) in [6, 6.07) is 6.73. The van der Waals surface area contributed by atoms with Crippen LogP contribution in [0.1, 0.15) is 39.7 Å². The Balaban J connectivity index is 1.47. The van der Waals surface area contributed by atoms with Crippen molar-refractivity contribution in [3.63, 3.8) is 0 Å². The molecule has 1 unspecified atom stereocenters. The van der Waals surface area contributed by atoms with Gasteiger partial charge in [-0.2, -0.15) is 13.2 Å². The maximum absolute atomic E-state index is 13.8. The van der Waals surface area contributed by atoms with E-state index in [0.29, 0.717) is 31.5 Å². The minimum Gasteiger partial charge on any atom is -0.397 e. The maximum Gasteiger partial charge on any atom is 0.417 e. The summed E-state index contributed by atoms with van der Waals surface area (Å²) in [6.45, 7) is 1.10. The Morgan fingerprint density at radius 2 is 2.00 bits per heavy atom. The quantitative estimate of drug-likeness (QED) is 0.388. The monoisotopic (exact) mass is 497 g/mol. The van der Waals surface area contributed by atoms with Gasteiger partial charge in [-0.05, 0) is 36.6 Å². The van der Waals surface area contributed by atoms with Crippen molar-refractivity contribution in [2.24, 2.45) is 5.73 Å². The molecule has 0 bridgehead atoms. The van der Waals surface area contributed by atoms with E-state index in [4.69, 9.17) is 11.5 Å². The lowest BCUT2D eigenvalue weighted by molar-refractivity contribution is -0.136. The number of hydrogen-bond acceptors (Lipinski definition) is 7. The molecule has 3 heterocycles. The number of thiophene rings is 1. The zero-order valence-electron chi connectivity index (χ0n) is 17.9. The molecule has 1 aromatic carbocycles. The Morgan fingerprint density at radius 1 is 1.29 bits per heavy atom. The molecule has 4 rings (SSSR count). The van der Waals surface area contributed by atoms with Crippen LogP contribution in [-0.2, 0) is 6.18 Å². The number of aliphatic hydroxyl groups excluding tert-OH is 1. The molecule has 1 atom stereocenters. The van der Waals surface area contributed by atoms with Crippen LogP contribution < -0.4 is 21.7 Å². The van der Waals surface area contributed by atoms with Gasteiger partial charge in [-0.3, -0.25) is 4.79 Å². The summed E-state index contributed by atoms with van der Waals surface area (Å²) in [5.41, 5.74) is 10.3. The molecule has 1 fully saturated rings. The van der Waals surface area contributed by atoms with Crippen molar-refractivity contribution in [2.75, 3.05) is 30.3 Å². The second-order valence-corrected chi connectivity index (χ2v) is 9.15. The van der Waals surface area contributed by atoms with Crippen molar-refractivity contribution in [1.82, 2.24) is 10.3 Å². The lowest BCUT2D eigenvalue weighted by Gasteiger charge is -2.34. The highest BCUT2D eigenvalue weighted by Crippen LogP contribution is 2.43. The number of amides is 1. The first-order chi connectivity index (χ1) is 16.0. The first kappa shape index (κ1) is 24.2. The Hall–Kier alpha value is -2.96. The summed E-state index contributed by atoms with van der Waals surface area (Å²) >= 11 is 0.747. The fourth-order valence-corrected chi connectivity index (χ4v) is 5.07.